The van der Waals surface area contributed by atoms with E-state index in [4.69, 9.17) is 5.11 Å². The van der Waals surface area contributed by atoms with Crippen LogP contribution in [0.4, 0.5) is 0 Å². The Balaban J connectivity index is 2.77. The number of aromatic carboxylic acids is 1. The van der Waals surface area contributed by atoms with Crippen molar-refractivity contribution in [2.45, 2.75) is 6.54 Å². The summed E-state index contributed by atoms with van der Waals surface area (Å²) in [4.78, 5) is 16.9. The molecule has 0 aliphatic rings. The van der Waals surface area contributed by atoms with E-state index in [-0.39, 0.29) is 5.69 Å². The maximum Gasteiger partial charge on any atom is 0.354 e. The third-order valence-corrected chi connectivity index (χ3v) is 2.19. The standard InChI is InChI=1S/C13H16N2O2/c1-3-8-15(9-4-2)10-11-6-5-7-12(14-11)13(16)17/h3-7H,1-2,8-10H2,(H,16,17). The molecule has 4 nitrogen and oxygen atoms in total. The molecule has 90 valence electrons. The molecular formula is C13H16N2O2. The third-order valence-electron chi connectivity index (χ3n) is 2.19. The fourth-order valence-electron chi connectivity index (χ4n) is 1.48. The minimum Gasteiger partial charge on any atom is -0.477 e. The van der Waals surface area contributed by atoms with Crippen LogP contribution in [0.2, 0.25) is 0 Å². The number of hydrogen-bond acceptors (Lipinski definition) is 3. The summed E-state index contributed by atoms with van der Waals surface area (Å²) in [6.45, 7) is 9.37. The van der Waals surface area contributed by atoms with Gasteiger partial charge in [-0.3, -0.25) is 4.90 Å². The molecule has 0 unspecified atom stereocenters. The van der Waals surface area contributed by atoms with Crippen LogP contribution < -0.4 is 0 Å². The number of carbonyl (C=O) groups is 1. The average molecular weight is 232 g/mol. The normalized spacial score (nSPS) is 10.2. The zero-order chi connectivity index (χ0) is 12.7. The van der Waals surface area contributed by atoms with Gasteiger partial charge >= 0.3 is 5.97 Å². The Labute approximate surface area is 101 Å². The van der Waals surface area contributed by atoms with Crippen LogP contribution in [0.15, 0.2) is 43.5 Å². The zero-order valence-corrected chi connectivity index (χ0v) is 9.67. The lowest BCUT2D eigenvalue weighted by molar-refractivity contribution is 0.0690. The number of hydrogen-bond donors (Lipinski definition) is 1. The fraction of sp³-hybridized carbons (Fsp3) is 0.231. The van der Waals surface area contributed by atoms with Crippen molar-refractivity contribution >= 4 is 5.97 Å². The molecule has 0 aliphatic heterocycles. The van der Waals surface area contributed by atoms with Gasteiger partial charge in [0.2, 0.25) is 0 Å². The first-order chi connectivity index (χ1) is 8.17. The highest BCUT2D eigenvalue weighted by molar-refractivity contribution is 5.85. The molecule has 0 aromatic carbocycles. The molecule has 0 saturated heterocycles. The lowest BCUT2D eigenvalue weighted by Gasteiger charge is -2.18. The molecule has 0 radical (unpaired) electrons. The average Bonchev–Trinajstić information content (AvgIpc) is 2.30. The van der Waals surface area contributed by atoms with E-state index in [0.717, 1.165) is 5.69 Å². The van der Waals surface area contributed by atoms with Crippen LogP contribution in [0.3, 0.4) is 0 Å². The molecule has 0 aliphatic carbocycles. The highest BCUT2D eigenvalue weighted by Gasteiger charge is 2.07. The summed E-state index contributed by atoms with van der Waals surface area (Å²) >= 11 is 0. The van der Waals surface area contributed by atoms with Crippen LogP contribution in [0.1, 0.15) is 16.2 Å². The third kappa shape index (κ3) is 4.20. The van der Waals surface area contributed by atoms with E-state index >= 15 is 0 Å². The molecule has 1 aromatic rings. The van der Waals surface area contributed by atoms with Gasteiger partial charge in [-0.25, -0.2) is 9.78 Å². The maximum absolute atomic E-state index is 10.8. The Kier molecular flexibility index (Phi) is 5.10. The Morgan fingerprint density at radius 3 is 2.53 bits per heavy atom. The van der Waals surface area contributed by atoms with Gasteiger partial charge in [0.1, 0.15) is 5.69 Å². The molecule has 0 bridgehead atoms. The van der Waals surface area contributed by atoms with E-state index in [1.54, 1.807) is 18.2 Å². The molecule has 0 amide bonds. The highest BCUT2D eigenvalue weighted by atomic mass is 16.4. The van der Waals surface area contributed by atoms with E-state index < -0.39 is 5.97 Å². The number of carboxylic acids is 1. The first-order valence-corrected chi connectivity index (χ1v) is 5.30. The molecule has 17 heavy (non-hydrogen) atoms. The van der Waals surface area contributed by atoms with Crippen LogP contribution in [0.25, 0.3) is 0 Å². The lowest BCUT2D eigenvalue weighted by Crippen LogP contribution is -2.24. The summed E-state index contributed by atoms with van der Waals surface area (Å²) in [6, 6.07) is 4.99. The number of carboxylic acid groups (broad SMARTS) is 1. The van der Waals surface area contributed by atoms with E-state index in [0.29, 0.717) is 19.6 Å². The number of aromatic nitrogens is 1. The van der Waals surface area contributed by atoms with Gasteiger partial charge in [-0.1, -0.05) is 18.2 Å². The lowest BCUT2D eigenvalue weighted by atomic mass is 10.3. The molecule has 1 N–H and O–H groups in total. The molecule has 4 heteroatoms. The number of rotatable bonds is 7. The van der Waals surface area contributed by atoms with E-state index in [1.807, 2.05) is 6.07 Å². The molecule has 1 rings (SSSR count). The summed E-state index contributed by atoms with van der Waals surface area (Å²) in [7, 11) is 0. The second kappa shape index (κ2) is 6.60. The van der Waals surface area contributed by atoms with E-state index in [1.165, 1.54) is 6.07 Å². The van der Waals surface area contributed by atoms with Crippen LogP contribution in [0.5, 0.6) is 0 Å². The summed E-state index contributed by atoms with van der Waals surface area (Å²) in [5.41, 5.74) is 0.799. The van der Waals surface area contributed by atoms with Crippen LogP contribution in [-0.2, 0) is 6.54 Å². The number of nitrogens with zero attached hydrogens (tertiary/aromatic N) is 2. The van der Waals surface area contributed by atoms with Gasteiger partial charge < -0.3 is 5.11 Å². The molecule has 0 fully saturated rings. The van der Waals surface area contributed by atoms with Crippen LogP contribution >= 0.6 is 0 Å². The Morgan fingerprint density at radius 2 is 2.00 bits per heavy atom. The summed E-state index contributed by atoms with van der Waals surface area (Å²) in [6.07, 6.45) is 3.59. The van der Waals surface area contributed by atoms with Gasteiger partial charge in [0.05, 0.1) is 5.69 Å². The van der Waals surface area contributed by atoms with Crippen molar-refractivity contribution < 1.29 is 9.90 Å². The second-order valence-corrected chi connectivity index (χ2v) is 3.59. The van der Waals surface area contributed by atoms with Crippen LogP contribution in [0, 0.1) is 0 Å². The number of pyridine rings is 1. The Hall–Kier alpha value is -1.94. The largest absolute Gasteiger partial charge is 0.477 e. The van der Waals surface area contributed by atoms with Crippen LogP contribution in [-0.4, -0.2) is 34.0 Å². The molecule has 0 saturated carbocycles. The Morgan fingerprint density at radius 1 is 1.35 bits per heavy atom. The predicted molar refractivity (Wildman–Crippen MR) is 66.9 cm³/mol. The molecule has 0 spiro atoms. The summed E-state index contributed by atoms with van der Waals surface area (Å²) in [5, 5.41) is 8.84. The van der Waals surface area contributed by atoms with Gasteiger partial charge in [0.15, 0.2) is 0 Å². The second-order valence-electron chi connectivity index (χ2n) is 3.59. The van der Waals surface area contributed by atoms with Gasteiger partial charge in [-0.05, 0) is 12.1 Å². The minimum atomic E-state index is -1.01. The van der Waals surface area contributed by atoms with Gasteiger partial charge in [-0.15, -0.1) is 13.2 Å². The predicted octanol–water partition coefficient (Wildman–Crippen LogP) is 1.95. The fourth-order valence-corrected chi connectivity index (χ4v) is 1.48. The first kappa shape index (κ1) is 13.1. The SMILES string of the molecule is C=CCN(CC=C)Cc1cccc(C(=O)O)n1. The van der Waals surface area contributed by atoms with Crippen molar-refractivity contribution in [2.75, 3.05) is 13.1 Å². The zero-order valence-electron chi connectivity index (χ0n) is 9.67. The maximum atomic E-state index is 10.8. The van der Waals surface area contributed by atoms with Crippen molar-refractivity contribution in [2.24, 2.45) is 0 Å². The van der Waals surface area contributed by atoms with Crippen molar-refractivity contribution in [3.05, 3.63) is 54.9 Å². The van der Waals surface area contributed by atoms with Gasteiger partial charge in [0, 0.05) is 19.6 Å². The van der Waals surface area contributed by atoms with Gasteiger partial charge in [-0.2, -0.15) is 0 Å². The molecule has 1 aromatic heterocycles. The smallest absolute Gasteiger partial charge is 0.354 e. The minimum absolute atomic E-state index is 0.0691. The first-order valence-electron chi connectivity index (χ1n) is 5.30. The topological polar surface area (TPSA) is 53.4 Å². The molecular weight excluding hydrogens is 216 g/mol. The summed E-state index contributed by atoms with van der Waals surface area (Å²) < 4.78 is 0. The molecule has 1 heterocycles. The van der Waals surface area contributed by atoms with Crippen molar-refractivity contribution in [3.63, 3.8) is 0 Å². The van der Waals surface area contributed by atoms with Gasteiger partial charge in [0.25, 0.3) is 0 Å². The van der Waals surface area contributed by atoms with Crippen molar-refractivity contribution in [1.29, 1.82) is 0 Å². The highest BCUT2D eigenvalue weighted by Crippen LogP contribution is 2.04. The summed E-state index contributed by atoms with van der Waals surface area (Å²) in [5.74, 6) is -1.01. The molecule has 0 atom stereocenters. The quantitative estimate of drug-likeness (QED) is 0.730. The van der Waals surface area contributed by atoms with Crippen molar-refractivity contribution in [1.82, 2.24) is 9.88 Å². The van der Waals surface area contributed by atoms with E-state index in [9.17, 15) is 4.79 Å². The van der Waals surface area contributed by atoms with Crippen molar-refractivity contribution in [3.8, 4) is 0 Å². The monoisotopic (exact) mass is 232 g/mol. The van der Waals surface area contributed by atoms with E-state index in [2.05, 4.69) is 23.0 Å². The Bertz CT molecular complexity index is 406.